The SMILES string of the molecule is C[As](C)C#N. The molecule has 0 rings (SSSR count). The van der Waals surface area contributed by atoms with Gasteiger partial charge in [0.05, 0.1) is 0 Å². The Morgan fingerprint density at radius 2 is 1.80 bits per heavy atom. The van der Waals surface area contributed by atoms with Crippen LogP contribution in [0.15, 0.2) is 0 Å². The first-order valence-corrected chi connectivity index (χ1v) is 6.03. The van der Waals surface area contributed by atoms with Crippen molar-refractivity contribution >= 4 is 14.7 Å². The van der Waals surface area contributed by atoms with Crippen LogP contribution in [0.3, 0.4) is 0 Å². The van der Waals surface area contributed by atoms with Gasteiger partial charge in [0, 0.05) is 0 Å². The van der Waals surface area contributed by atoms with E-state index in [1.807, 2.05) is 11.4 Å². The van der Waals surface area contributed by atoms with Gasteiger partial charge in [0.15, 0.2) is 0 Å². The van der Waals surface area contributed by atoms with E-state index in [1.165, 1.54) is 0 Å². The van der Waals surface area contributed by atoms with Crippen LogP contribution in [0, 0.1) is 10.1 Å². The molecule has 5 heavy (non-hydrogen) atoms. The Bertz CT molecular complexity index is 52.4. The van der Waals surface area contributed by atoms with Crippen molar-refractivity contribution in [1.82, 2.24) is 0 Å². The van der Waals surface area contributed by atoms with Gasteiger partial charge in [-0.2, -0.15) is 0 Å². The van der Waals surface area contributed by atoms with E-state index in [-0.39, 0.29) is 0 Å². The van der Waals surface area contributed by atoms with Crippen LogP contribution in [0.5, 0.6) is 0 Å². The zero-order chi connectivity index (χ0) is 4.28. The predicted molar refractivity (Wildman–Crippen MR) is 23.1 cm³/mol. The van der Waals surface area contributed by atoms with E-state index in [4.69, 9.17) is 5.26 Å². The van der Waals surface area contributed by atoms with Crippen LogP contribution in [0.4, 0.5) is 0 Å². The Balaban J connectivity index is 2.94. The normalized spacial score (nSPS) is 7.60. The molecule has 0 aliphatic rings. The second-order valence-electron chi connectivity index (χ2n) is 0.994. The third-order valence-electron chi connectivity index (χ3n) is 0.200. The third-order valence-corrected chi connectivity index (χ3v) is 1.04. The van der Waals surface area contributed by atoms with E-state index in [0.717, 1.165) is 0 Å². The van der Waals surface area contributed by atoms with Crippen LogP contribution in [0.2, 0.25) is 11.4 Å². The van der Waals surface area contributed by atoms with Crippen molar-refractivity contribution in [3.63, 3.8) is 0 Å². The van der Waals surface area contributed by atoms with Gasteiger partial charge in [0.25, 0.3) is 0 Å². The van der Waals surface area contributed by atoms with Gasteiger partial charge in [0.1, 0.15) is 0 Å². The molecule has 2 heteroatoms. The quantitative estimate of drug-likeness (QED) is 0.446. The molecule has 0 spiro atoms. The number of nitrogens with zero attached hydrogens (tertiary/aromatic N) is 1. The Kier molecular flexibility index (Phi) is 2.32. The molecule has 0 aromatic heterocycles. The van der Waals surface area contributed by atoms with Gasteiger partial charge in [-0.3, -0.25) is 0 Å². The third kappa shape index (κ3) is 4.05. The summed E-state index contributed by atoms with van der Waals surface area (Å²) in [5.74, 6) is 0. The molecule has 0 amide bonds. The topological polar surface area (TPSA) is 23.8 Å². The standard InChI is InChI=1S/C3H6AsN/c1-4(2)3-5/h1-2H3. The van der Waals surface area contributed by atoms with Crippen LogP contribution in [0.25, 0.3) is 0 Å². The molecule has 0 aliphatic carbocycles. The van der Waals surface area contributed by atoms with Crippen LogP contribution in [-0.4, -0.2) is 14.7 Å². The number of rotatable bonds is 0. The molecule has 0 bridgehead atoms. The van der Waals surface area contributed by atoms with Crippen molar-refractivity contribution in [2.45, 2.75) is 11.4 Å². The summed E-state index contributed by atoms with van der Waals surface area (Å²) in [7, 11) is 0. The Morgan fingerprint density at radius 3 is 1.80 bits per heavy atom. The molecule has 0 saturated heterocycles. The molecular formula is C3H6AsN. The summed E-state index contributed by atoms with van der Waals surface area (Å²) in [5.41, 5.74) is 4.01. The zero-order valence-electron chi connectivity index (χ0n) is 3.39. The van der Waals surface area contributed by atoms with Gasteiger partial charge >= 0.3 is 36.2 Å². The van der Waals surface area contributed by atoms with Crippen LogP contribution in [0.1, 0.15) is 0 Å². The summed E-state index contributed by atoms with van der Waals surface area (Å²) >= 11 is -0.896. The molecule has 0 N–H and O–H groups in total. The first-order valence-electron chi connectivity index (χ1n) is 1.34. The fourth-order valence-electron chi connectivity index (χ4n) is 0. The van der Waals surface area contributed by atoms with E-state index in [1.54, 1.807) is 0 Å². The number of nitriles is 1. The molecule has 0 radical (unpaired) electrons. The molecule has 0 saturated carbocycles. The molecule has 1 nitrogen and oxygen atoms in total. The average molecular weight is 131 g/mol. The zero-order valence-corrected chi connectivity index (χ0v) is 5.27. The van der Waals surface area contributed by atoms with Crippen molar-refractivity contribution in [1.29, 1.82) is 5.26 Å². The Morgan fingerprint density at radius 1 is 1.60 bits per heavy atom. The molecule has 0 aliphatic heterocycles. The molecule has 0 unspecified atom stereocenters. The Labute approximate surface area is 36.9 Å². The van der Waals surface area contributed by atoms with E-state index in [9.17, 15) is 0 Å². The van der Waals surface area contributed by atoms with Crippen molar-refractivity contribution in [3.05, 3.63) is 0 Å². The first-order chi connectivity index (χ1) is 2.27. The minimum atomic E-state index is -0.896. The van der Waals surface area contributed by atoms with Crippen molar-refractivity contribution in [2.24, 2.45) is 0 Å². The monoisotopic (exact) mass is 131 g/mol. The first kappa shape index (κ1) is 5.05. The van der Waals surface area contributed by atoms with Crippen LogP contribution >= 0.6 is 0 Å². The molecule has 0 atom stereocenters. The van der Waals surface area contributed by atoms with E-state index in [2.05, 4.69) is 4.86 Å². The average Bonchev–Trinajstić information content (AvgIpc) is 1.38. The summed E-state index contributed by atoms with van der Waals surface area (Å²) < 4.78 is 0. The van der Waals surface area contributed by atoms with E-state index >= 15 is 0 Å². The van der Waals surface area contributed by atoms with Crippen LogP contribution in [-0.2, 0) is 0 Å². The molecule has 28 valence electrons. The summed E-state index contributed by atoms with van der Waals surface area (Å²) in [6, 6.07) is 0. The summed E-state index contributed by atoms with van der Waals surface area (Å²) in [6.07, 6.45) is 0. The minimum absolute atomic E-state index is 0.896. The van der Waals surface area contributed by atoms with Crippen LogP contribution < -0.4 is 0 Å². The van der Waals surface area contributed by atoms with Gasteiger partial charge in [0.2, 0.25) is 0 Å². The van der Waals surface area contributed by atoms with E-state index < -0.39 is 14.7 Å². The molecule has 0 aromatic carbocycles. The maximum atomic E-state index is 7.96. The number of hydrogen-bond acceptors (Lipinski definition) is 1. The van der Waals surface area contributed by atoms with Crippen molar-refractivity contribution < 1.29 is 0 Å². The summed E-state index contributed by atoms with van der Waals surface area (Å²) in [4.78, 5) is 2.17. The maximum absolute atomic E-state index is 7.96. The van der Waals surface area contributed by atoms with Crippen molar-refractivity contribution in [3.8, 4) is 4.86 Å². The summed E-state index contributed by atoms with van der Waals surface area (Å²) in [5, 5.41) is 7.96. The Hall–Kier alpha value is 0.0484. The van der Waals surface area contributed by atoms with Gasteiger partial charge < -0.3 is 0 Å². The fourth-order valence-corrected chi connectivity index (χ4v) is 0. The molecule has 0 heterocycles. The van der Waals surface area contributed by atoms with Gasteiger partial charge in [-0.1, -0.05) is 0 Å². The molecule has 0 aromatic rings. The fraction of sp³-hybridized carbons (Fsp3) is 0.667. The van der Waals surface area contributed by atoms with E-state index in [0.29, 0.717) is 0 Å². The molecule has 0 fully saturated rings. The van der Waals surface area contributed by atoms with Gasteiger partial charge in [-0.25, -0.2) is 0 Å². The second-order valence-corrected chi connectivity index (χ2v) is 5.17. The van der Waals surface area contributed by atoms with Crippen molar-refractivity contribution in [2.75, 3.05) is 0 Å². The summed E-state index contributed by atoms with van der Waals surface area (Å²) in [6.45, 7) is 0. The predicted octanol–water partition coefficient (Wildman–Crippen LogP) is 0.804. The van der Waals surface area contributed by atoms with Gasteiger partial charge in [-0.05, 0) is 0 Å². The van der Waals surface area contributed by atoms with Gasteiger partial charge in [-0.15, -0.1) is 0 Å². The molecular weight excluding hydrogens is 125 g/mol. The second kappa shape index (κ2) is 2.30. The number of hydrogen-bond donors (Lipinski definition) is 0.